The van der Waals surface area contributed by atoms with Gasteiger partial charge in [-0.2, -0.15) is 0 Å². The van der Waals surface area contributed by atoms with Crippen LogP contribution in [-0.2, 0) is 4.74 Å². The van der Waals surface area contributed by atoms with Crippen molar-refractivity contribution in [2.24, 2.45) is 4.99 Å². The van der Waals surface area contributed by atoms with E-state index in [1.54, 1.807) is 35.9 Å². The van der Waals surface area contributed by atoms with Crippen molar-refractivity contribution in [3.63, 3.8) is 0 Å². The molecule has 0 fully saturated rings. The van der Waals surface area contributed by atoms with Gasteiger partial charge in [0.2, 0.25) is 0 Å². The normalized spacial score (nSPS) is 18.2. The Morgan fingerprint density at radius 2 is 2.19 bits per heavy atom. The second-order valence-corrected chi connectivity index (χ2v) is 7.62. The van der Waals surface area contributed by atoms with Crippen LogP contribution in [0.3, 0.4) is 0 Å². The number of aliphatic imine (C=N–C) groups is 1. The average Bonchev–Trinajstić information content (AvgIpc) is 2.83. The molecule has 1 unspecified atom stereocenters. The molecule has 0 bridgehead atoms. The predicted octanol–water partition coefficient (Wildman–Crippen LogP) is 3.17. The molecular formula is C14H19N3O2S2. The molecule has 114 valence electrons. The van der Waals surface area contributed by atoms with Crippen LogP contribution in [0.25, 0.3) is 0 Å². The van der Waals surface area contributed by atoms with Crippen molar-refractivity contribution in [1.29, 1.82) is 0 Å². The summed E-state index contributed by atoms with van der Waals surface area (Å²) in [4.78, 5) is 21.3. The lowest BCUT2D eigenvalue weighted by Crippen LogP contribution is -2.34. The van der Waals surface area contributed by atoms with Gasteiger partial charge in [-0.15, -0.1) is 11.8 Å². The number of hydrogen-bond donors (Lipinski definition) is 1. The Balaban J connectivity index is 1.78. The molecule has 1 atom stereocenters. The number of ether oxygens (including phenoxy) is 1. The molecular weight excluding hydrogens is 306 g/mol. The van der Waals surface area contributed by atoms with Crippen LogP contribution in [-0.4, -0.2) is 39.4 Å². The third-order valence-corrected chi connectivity index (χ3v) is 4.60. The van der Waals surface area contributed by atoms with E-state index < -0.39 is 11.7 Å². The highest BCUT2D eigenvalue weighted by atomic mass is 32.2. The van der Waals surface area contributed by atoms with E-state index in [2.05, 4.69) is 15.3 Å². The van der Waals surface area contributed by atoms with Gasteiger partial charge in [0.1, 0.15) is 5.60 Å². The largest absolute Gasteiger partial charge is 0.444 e. The molecule has 1 aliphatic heterocycles. The first kappa shape index (κ1) is 16.2. The number of thioether (sulfide) groups is 2. The lowest BCUT2D eigenvalue weighted by atomic mass is 10.2. The maximum absolute atomic E-state index is 11.7. The first-order valence-corrected chi connectivity index (χ1v) is 8.63. The maximum Gasteiger partial charge on any atom is 0.413 e. The molecule has 2 rings (SSSR count). The van der Waals surface area contributed by atoms with E-state index in [4.69, 9.17) is 4.74 Å². The fourth-order valence-electron chi connectivity index (χ4n) is 1.59. The Bertz CT molecular complexity index is 515. The van der Waals surface area contributed by atoms with Crippen LogP contribution in [0.1, 0.15) is 20.8 Å². The molecule has 0 spiro atoms. The van der Waals surface area contributed by atoms with E-state index in [0.717, 1.165) is 11.5 Å². The van der Waals surface area contributed by atoms with Crippen molar-refractivity contribution in [2.45, 2.75) is 37.3 Å². The topological polar surface area (TPSA) is 63.6 Å². The first-order chi connectivity index (χ1) is 9.92. The Kier molecular flexibility index (Phi) is 5.52. The Hall–Kier alpha value is -1.21. The molecule has 1 aromatic heterocycles. The van der Waals surface area contributed by atoms with Crippen molar-refractivity contribution in [3.05, 3.63) is 24.5 Å². The van der Waals surface area contributed by atoms with Crippen LogP contribution in [0, 0.1) is 0 Å². The van der Waals surface area contributed by atoms with Crippen molar-refractivity contribution in [1.82, 2.24) is 10.3 Å². The van der Waals surface area contributed by atoms with Crippen LogP contribution in [0.15, 0.2) is 34.4 Å². The highest BCUT2D eigenvalue weighted by Gasteiger charge is 2.22. The van der Waals surface area contributed by atoms with Gasteiger partial charge < -0.3 is 4.74 Å². The van der Waals surface area contributed by atoms with Gasteiger partial charge in [-0.25, -0.2) is 4.79 Å². The minimum Gasteiger partial charge on any atom is -0.444 e. The molecule has 0 aliphatic carbocycles. The van der Waals surface area contributed by atoms with Crippen LogP contribution >= 0.6 is 23.5 Å². The molecule has 0 radical (unpaired) electrons. The molecule has 21 heavy (non-hydrogen) atoms. The quantitative estimate of drug-likeness (QED) is 0.865. The van der Waals surface area contributed by atoms with E-state index >= 15 is 0 Å². The molecule has 7 heteroatoms. The van der Waals surface area contributed by atoms with Crippen LogP contribution in [0.4, 0.5) is 4.79 Å². The zero-order valence-electron chi connectivity index (χ0n) is 12.3. The summed E-state index contributed by atoms with van der Waals surface area (Å²) < 4.78 is 5.21. The highest BCUT2D eigenvalue weighted by Crippen LogP contribution is 2.24. The van der Waals surface area contributed by atoms with E-state index in [0.29, 0.717) is 5.17 Å². The number of carbonyl (C=O) groups excluding carboxylic acids is 1. The predicted molar refractivity (Wildman–Crippen MR) is 88.0 cm³/mol. The van der Waals surface area contributed by atoms with Crippen molar-refractivity contribution in [3.8, 4) is 0 Å². The number of aromatic nitrogens is 1. The summed E-state index contributed by atoms with van der Waals surface area (Å²) in [7, 11) is 0. The smallest absolute Gasteiger partial charge is 0.413 e. The maximum atomic E-state index is 11.7. The molecule has 1 aromatic rings. The lowest BCUT2D eigenvalue weighted by Gasteiger charge is -2.19. The van der Waals surface area contributed by atoms with Crippen molar-refractivity contribution in [2.75, 3.05) is 11.5 Å². The fourth-order valence-corrected chi connectivity index (χ4v) is 3.55. The van der Waals surface area contributed by atoms with Gasteiger partial charge >= 0.3 is 6.09 Å². The summed E-state index contributed by atoms with van der Waals surface area (Å²) >= 11 is 3.30. The standard InChI is InChI=1S/C14H19N3O2S2/c1-14(2,3)19-13(18)17-12-16-10(9-21-12)8-20-11-4-6-15-7-5-11/h4-7,10H,8-9H2,1-3H3,(H,16,17,18). The fraction of sp³-hybridized carbons (Fsp3) is 0.500. The molecule has 2 heterocycles. The van der Waals surface area contributed by atoms with Gasteiger partial charge in [-0.05, 0) is 32.9 Å². The summed E-state index contributed by atoms with van der Waals surface area (Å²) in [5, 5.41) is 3.34. The summed E-state index contributed by atoms with van der Waals surface area (Å²) in [6.45, 7) is 5.51. The number of amidine groups is 1. The van der Waals surface area contributed by atoms with Gasteiger partial charge in [0.05, 0.1) is 6.04 Å². The van der Waals surface area contributed by atoms with Crippen LogP contribution in [0.5, 0.6) is 0 Å². The minimum absolute atomic E-state index is 0.207. The second-order valence-electron chi connectivity index (χ2n) is 5.52. The number of hydrogen-bond acceptors (Lipinski definition) is 6. The second kappa shape index (κ2) is 7.17. The van der Waals surface area contributed by atoms with Gasteiger partial charge in [-0.3, -0.25) is 15.3 Å². The van der Waals surface area contributed by atoms with Crippen LogP contribution in [0.2, 0.25) is 0 Å². The third-order valence-electron chi connectivity index (χ3n) is 2.41. The van der Waals surface area contributed by atoms with Gasteiger partial charge in [0, 0.05) is 28.8 Å². The van der Waals surface area contributed by atoms with E-state index in [-0.39, 0.29) is 6.04 Å². The summed E-state index contributed by atoms with van der Waals surface area (Å²) in [6, 6.07) is 4.17. The molecule has 1 N–H and O–H groups in total. The van der Waals surface area contributed by atoms with Crippen molar-refractivity contribution >= 4 is 34.8 Å². The lowest BCUT2D eigenvalue weighted by molar-refractivity contribution is 0.0564. The monoisotopic (exact) mass is 325 g/mol. The van der Waals surface area contributed by atoms with E-state index in [1.165, 1.54) is 4.90 Å². The van der Waals surface area contributed by atoms with Crippen molar-refractivity contribution < 1.29 is 9.53 Å². The van der Waals surface area contributed by atoms with Gasteiger partial charge in [-0.1, -0.05) is 11.8 Å². The molecule has 1 aliphatic rings. The number of amides is 1. The number of nitrogens with one attached hydrogen (secondary N) is 1. The molecule has 0 aromatic carbocycles. The minimum atomic E-state index is -0.496. The number of alkyl carbamates (subject to hydrolysis) is 1. The molecule has 0 saturated carbocycles. The first-order valence-electron chi connectivity index (χ1n) is 6.66. The number of carbonyl (C=O) groups is 1. The zero-order valence-corrected chi connectivity index (χ0v) is 14.0. The Morgan fingerprint density at radius 1 is 1.48 bits per heavy atom. The average molecular weight is 325 g/mol. The third kappa shape index (κ3) is 5.97. The molecule has 0 saturated heterocycles. The highest BCUT2D eigenvalue weighted by molar-refractivity contribution is 8.14. The molecule has 5 nitrogen and oxygen atoms in total. The van der Waals surface area contributed by atoms with Crippen LogP contribution < -0.4 is 5.32 Å². The number of rotatable bonds is 3. The summed E-state index contributed by atoms with van der Waals surface area (Å²) in [5.74, 6) is 1.76. The number of pyridine rings is 1. The zero-order chi connectivity index (χ0) is 15.3. The van der Waals surface area contributed by atoms with Gasteiger partial charge in [0.15, 0.2) is 5.17 Å². The van der Waals surface area contributed by atoms with Gasteiger partial charge in [0.25, 0.3) is 0 Å². The van der Waals surface area contributed by atoms with E-state index in [1.807, 2.05) is 32.9 Å². The number of nitrogens with zero attached hydrogens (tertiary/aromatic N) is 2. The van der Waals surface area contributed by atoms with E-state index in [9.17, 15) is 4.79 Å². The summed E-state index contributed by atoms with van der Waals surface area (Å²) in [6.07, 6.45) is 3.12. The SMILES string of the molecule is CC(C)(C)OC(=O)NC1=NC(CSc2ccncc2)CS1. The molecule has 1 amide bonds. The Morgan fingerprint density at radius 3 is 2.86 bits per heavy atom. The summed E-state index contributed by atoms with van der Waals surface area (Å²) in [5.41, 5.74) is -0.496. The Labute approximate surface area is 133 Å².